The van der Waals surface area contributed by atoms with Crippen LogP contribution in [0.4, 0.5) is 0 Å². The first-order chi connectivity index (χ1) is 27.0. The van der Waals surface area contributed by atoms with Crippen molar-refractivity contribution in [1.82, 2.24) is 0 Å². The molecular weight excluding hydrogens is 772 g/mol. The third-order valence-corrected chi connectivity index (χ3v) is 6.35. The van der Waals surface area contributed by atoms with Crippen LogP contribution in [0.2, 0.25) is 0 Å². The minimum absolute atomic E-state index is 0.255. The summed E-state index contributed by atoms with van der Waals surface area (Å²) >= 11 is 0. The molecular formula is C29H32N12O16. The Labute approximate surface area is 319 Å². The van der Waals surface area contributed by atoms with E-state index in [9.17, 15) is 38.4 Å². The van der Waals surface area contributed by atoms with E-state index in [-0.39, 0.29) is 48.5 Å². The first-order valence-electron chi connectivity index (χ1n) is 15.3. The summed E-state index contributed by atoms with van der Waals surface area (Å²) in [7, 11) is 0. The highest BCUT2D eigenvalue weighted by atomic mass is 16.6. The Morgan fingerprint density at radius 1 is 0.368 bits per heavy atom. The Bertz CT molecular complexity index is 1560. The molecule has 0 N–H and O–H groups in total. The van der Waals surface area contributed by atoms with Crippen molar-refractivity contribution in [3.63, 3.8) is 0 Å². The van der Waals surface area contributed by atoms with Gasteiger partial charge in [-0.2, -0.15) is 0 Å². The lowest BCUT2D eigenvalue weighted by atomic mass is 9.76. The highest BCUT2D eigenvalue weighted by Crippen LogP contribution is 2.36. The molecule has 57 heavy (non-hydrogen) atoms. The standard InChI is InChI=1S/C29H32N12O16/c1-17(34-38-30)13-54-25(46)21(42)50-9-5-29(6-10-51-22(43)26(47)55-14-18(2)35-39-31,7-11-52-23(44)27(48)56-15-19(3)36-40-32)8-12-53-24(45)28(49)57-16-20(4)37-41-33/h1-16H2. The lowest BCUT2D eigenvalue weighted by Crippen LogP contribution is -2.33. The van der Waals surface area contributed by atoms with Crippen LogP contribution in [0.5, 0.6) is 0 Å². The van der Waals surface area contributed by atoms with E-state index in [1.165, 1.54) is 0 Å². The van der Waals surface area contributed by atoms with Crippen molar-refractivity contribution in [2.45, 2.75) is 25.7 Å². The predicted octanol–water partition coefficient (Wildman–Crippen LogP) is 3.17. The largest absolute Gasteiger partial charge is 0.457 e. The summed E-state index contributed by atoms with van der Waals surface area (Å²) in [6, 6.07) is 0. The van der Waals surface area contributed by atoms with Gasteiger partial charge in [0.1, 0.15) is 26.4 Å². The first kappa shape index (κ1) is 49.0. The summed E-state index contributed by atoms with van der Waals surface area (Å²) in [5.41, 5.74) is 31.2. The van der Waals surface area contributed by atoms with Gasteiger partial charge >= 0.3 is 47.8 Å². The molecule has 0 bridgehead atoms. The van der Waals surface area contributed by atoms with Crippen molar-refractivity contribution < 1.29 is 76.3 Å². The SMILES string of the molecule is C=C(COC(=O)C(=O)OCCC(CCOC(=O)C(=O)OCC(=C)N=[N+]=[N-])(CCOC(=O)C(=O)OCC(=C)N=[N+]=[N-])CCOC(=O)C(=O)OCC(=C)N=[N+]=[N-])N=[N+]=[N-]. The van der Waals surface area contributed by atoms with Crippen molar-refractivity contribution in [3.8, 4) is 0 Å². The summed E-state index contributed by atoms with van der Waals surface area (Å²) < 4.78 is 38.3. The third-order valence-electron chi connectivity index (χ3n) is 6.35. The monoisotopic (exact) mass is 804 g/mol. The number of rotatable bonds is 24. The minimum atomic E-state index is -1.54. The molecule has 0 fully saturated rings. The fourth-order valence-corrected chi connectivity index (χ4v) is 3.63. The van der Waals surface area contributed by atoms with Crippen LogP contribution in [0.15, 0.2) is 69.6 Å². The van der Waals surface area contributed by atoms with Gasteiger partial charge in [-0.05, 0) is 53.2 Å². The number of carbonyl (C=O) groups is 8. The van der Waals surface area contributed by atoms with Crippen molar-refractivity contribution in [3.05, 3.63) is 90.9 Å². The molecule has 28 heteroatoms. The number of hydrogen-bond acceptors (Lipinski definition) is 20. The van der Waals surface area contributed by atoms with Gasteiger partial charge in [-0.1, -0.05) is 46.8 Å². The smallest absolute Gasteiger partial charge is 0.417 e. The van der Waals surface area contributed by atoms with Gasteiger partial charge in [-0.3, -0.25) is 0 Å². The van der Waals surface area contributed by atoms with Crippen molar-refractivity contribution >= 4 is 47.8 Å². The molecule has 0 aromatic rings. The van der Waals surface area contributed by atoms with Gasteiger partial charge in [0.05, 0.1) is 26.4 Å². The Hall–Kier alpha value is -8.04. The van der Waals surface area contributed by atoms with Crippen LogP contribution < -0.4 is 0 Å². The van der Waals surface area contributed by atoms with E-state index >= 15 is 0 Å². The number of esters is 8. The van der Waals surface area contributed by atoms with Gasteiger partial charge in [0, 0.05) is 42.4 Å². The van der Waals surface area contributed by atoms with Gasteiger partial charge in [-0.25, -0.2) is 38.4 Å². The van der Waals surface area contributed by atoms with Gasteiger partial charge in [0.25, 0.3) is 0 Å². The average molecular weight is 805 g/mol. The lowest BCUT2D eigenvalue weighted by Gasteiger charge is -2.33. The second kappa shape index (κ2) is 27.5. The maximum Gasteiger partial charge on any atom is 0.417 e. The maximum atomic E-state index is 12.3. The predicted molar refractivity (Wildman–Crippen MR) is 182 cm³/mol. The molecule has 304 valence electrons. The fourth-order valence-electron chi connectivity index (χ4n) is 3.63. The summed E-state index contributed by atoms with van der Waals surface area (Å²) in [6.45, 7) is 7.93. The van der Waals surface area contributed by atoms with Crippen LogP contribution >= 0.6 is 0 Å². The molecule has 0 aliphatic rings. The van der Waals surface area contributed by atoms with Crippen LogP contribution in [-0.2, 0) is 76.3 Å². The van der Waals surface area contributed by atoms with Gasteiger partial charge in [0.15, 0.2) is 0 Å². The summed E-state index contributed by atoms with van der Waals surface area (Å²) in [5.74, 6) is -12.3. The van der Waals surface area contributed by atoms with E-state index in [0.29, 0.717) is 0 Å². The van der Waals surface area contributed by atoms with E-state index in [4.69, 9.17) is 41.1 Å². The quantitative estimate of drug-likeness (QED) is 0.0337. The van der Waals surface area contributed by atoms with Gasteiger partial charge < -0.3 is 37.9 Å². The van der Waals surface area contributed by atoms with E-state index in [2.05, 4.69) is 85.4 Å². The van der Waals surface area contributed by atoms with E-state index in [1.807, 2.05) is 0 Å². The lowest BCUT2D eigenvalue weighted by molar-refractivity contribution is -0.170. The average Bonchev–Trinajstić information content (AvgIpc) is 3.17. The molecule has 0 aromatic heterocycles. The van der Waals surface area contributed by atoms with E-state index in [1.54, 1.807) is 0 Å². The van der Waals surface area contributed by atoms with Crippen LogP contribution in [-0.4, -0.2) is 101 Å². The molecule has 0 spiro atoms. The topological polar surface area (TPSA) is 405 Å². The second-order valence-electron chi connectivity index (χ2n) is 10.4. The Morgan fingerprint density at radius 2 is 0.544 bits per heavy atom. The summed E-state index contributed by atoms with van der Waals surface area (Å²) in [5, 5.41) is 12.3. The summed E-state index contributed by atoms with van der Waals surface area (Å²) in [6.07, 6.45) is -1.36. The number of carbonyl (C=O) groups excluding carboxylic acids is 8. The molecule has 0 saturated carbocycles. The fraction of sp³-hybridized carbons (Fsp3) is 0.448. The second-order valence-corrected chi connectivity index (χ2v) is 10.4. The first-order valence-corrected chi connectivity index (χ1v) is 15.3. The molecule has 0 unspecified atom stereocenters. The summed E-state index contributed by atoms with van der Waals surface area (Å²) in [4.78, 5) is 107. The van der Waals surface area contributed by atoms with Crippen LogP contribution in [0.3, 0.4) is 0 Å². The maximum absolute atomic E-state index is 12.3. The zero-order valence-electron chi connectivity index (χ0n) is 29.7. The molecule has 0 amide bonds. The van der Waals surface area contributed by atoms with E-state index in [0.717, 1.165) is 0 Å². The zero-order valence-corrected chi connectivity index (χ0v) is 29.7. The molecule has 0 atom stereocenters. The molecule has 0 aliphatic heterocycles. The Kier molecular flexibility index (Phi) is 23.7. The Morgan fingerprint density at radius 3 is 0.719 bits per heavy atom. The van der Waals surface area contributed by atoms with Crippen LogP contribution in [0, 0.1) is 5.41 Å². The van der Waals surface area contributed by atoms with Crippen molar-refractivity contribution in [2.24, 2.45) is 25.9 Å². The molecule has 0 radical (unpaired) electrons. The van der Waals surface area contributed by atoms with Crippen LogP contribution in [0.1, 0.15) is 25.7 Å². The number of nitrogens with zero attached hydrogens (tertiary/aromatic N) is 12. The molecule has 0 aliphatic carbocycles. The minimum Gasteiger partial charge on any atom is -0.457 e. The van der Waals surface area contributed by atoms with Crippen molar-refractivity contribution in [1.29, 1.82) is 0 Å². The normalized spacial score (nSPS) is 10.5. The molecule has 0 aromatic carbocycles. The van der Waals surface area contributed by atoms with E-state index < -0.39 is 106 Å². The zero-order chi connectivity index (χ0) is 43.2. The van der Waals surface area contributed by atoms with Crippen molar-refractivity contribution in [2.75, 3.05) is 52.9 Å². The number of hydrogen-bond donors (Lipinski definition) is 0. The van der Waals surface area contributed by atoms with Gasteiger partial charge in [-0.15, -0.1) is 0 Å². The molecule has 28 nitrogen and oxygen atoms in total. The highest BCUT2D eigenvalue weighted by molar-refractivity contribution is 6.30. The Balaban J connectivity index is 6.19. The molecule has 0 rings (SSSR count). The number of ether oxygens (including phenoxy) is 8. The molecule has 0 saturated heterocycles. The third kappa shape index (κ3) is 21.9. The van der Waals surface area contributed by atoms with Crippen LogP contribution in [0.25, 0.3) is 41.8 Å². The number of azide groups is 4. The van der Waals surface area contributed by atoms with Gasteiger partial charge in [0.2, 0.25) is 0 Å². The molecule has 0 heterocycles. The highest BCUT2D eigenvalue weighted by Gasteiger charge is 2.34.